The van der Waals surface area contributed by atoms with Gasteiger partial charge in [0.2, 0.25) is 0 Å². The Morgan fingerprint density at radius 1 is 0.917 bits per heavy atom. The first-order valence-corrected chi connectivity index (χ1v) is 2.82. The number of carbonyl (C=O) groups is 3. The fraction of sp³-hybridized carbons (Fsp3) is 0.400. The second kappa shape index (κ2) is 3.67. The summed E-state index contributed by atoms with van der Waals surface area (Å²) < 4.78 is 0. The molecule has 0 amide bonds. The normalized spacial score (nSPS) is 12.5. The third-order valence-electron chi connectivity index (χ3n) is 1.18. The molecule has 0 aromatic heterocycles. The Balaban J connectivity index is 4.63. The summed E-state index contributed by atoms with van der Waals surface area (Å²) in [5.41, 5.74) is 4.80. The molecule has 0 aliphatic heterocycles. The zero-order valence-electron chi connectivity index (χ0n) is 5.80. The number of hydrogen-bond acceptors (Lipinski definition) is 4. The van der Waals surface area contributed by atoms with Gasteiger partial charge in [-0.1, -0.05) is 0 Å². The average Bonchev–Trinajstić information content (AvgIpc) is 1.85. The maximum Gasteiger partial charge on any atom is 0.322 e. The third kappa shape index (κ3) is 2.20. The molecule has 0 aromatic rings. The zero-order valence-corrected chi connectivity index (χ0v) is 5.80. The van der Waals surface area contributed by atoms with Crippen LogP contribution in [0, 0.1) is 5.92 Å². The Labute approximate surface area is 66.4 Å². The van der Waals surface area contributed by atoms with Gasteiger partial charge < -0.3 is 21.1 Å². The van der Waals surface area contributed by atoms with E-state index in [1.165, 1.54) is 0 Å². The highest BCUT2D eigenvalue weighted by atomic mass is 16.4. The molecular weight excluding hydrogens is 170 g/mol. The fourth-order valence-corrected chi connectivity index (χ4v) is 0.555. The minimum atomic E-state index is -2.11. The summed E-state index contributed by atoms with van der Waals surface area (Å²) in [5.74, 6) is -7.30. The van der Waals surface area contributed by atoms with Gasteiger partial charge in [0.25, 0.3) is 0 Å². The minimum absolute atomic E-state index is 1.66. The molecule has 0 unspecified atom stereocenters. The van der Waals surface area contributed by atoms with E-state index in [0.717, 1.165) is 0 Å². The molecule has 0 aliphatic rings. The van der Waals surface area contributed by atoms with Crippen LogP contribution < -0.4 is 5.73 Å². The molecule has 68 valence electrons. The maximum atomic E-state index is 10.2. The van der Waals surface area contributed by atoms with Crippen molar-refractivity contribution in [3.63, 3.8) is 0 Å². The number of aliphatic carboxylic acids is 3. The molecule has 5 N–H and O–H groups in total. The SMILES string of the molecule is N[C@@H](C(=O)O)C(C(=O)O)C(=O)O. The van der Waals surface area contributed by atoms with E-state index in [9.17, 15) is 14.4 Å². The van der Waals surface area contributed by atoms with Crippen molar-refractivity contribution in [2.45, 2.75) is 6.04 Å². The van der Waals surface area contributed by atoms with Crippen molar-refractivity contribution in [1.29, 1.82) is 0 Å². The summed E-state index contributed by atoms with van der Waals surface area (Å²) in [6, 6.07) is -1.93. The predicted octanol–water partition coefficient (Wildman–Crippen LogP) is -1.82. The van der Waals surface area contributed by atoms with E-state index in [1.54, 1.807) is 0 Å². The molecule has 0 saturated carbocycles. The van der Waals surface area contributed by atoms with Gasteiger partial charge in [0.05, 0.1) is 0 Å². The molecule has 0 spiro atoms. The van der Waals surface area contributed by atoms with Crippen LogP contribution in [0.15, 0.2) is 0 Å². The van der Waals surface area contributed by atoms with Crippen molar-refractivity contribution in [3.8, 4) is 0 Å². The molecule has 1 atom stereocenters. The van der Waals surface area contributed by atoms with Gasteiger partial charge in [-0.3, -0.25) is 14.4 Å². The minimum Gasteiger partial charge on any atom is -0.481 e. The van der Waals surface area contributed by atoms with E-state index in [2.05, 4.69) is 0 Å². The molecule has 7 nitrogen and oxygen atoms in total. The Bertz CT molecular complexity index is 210. The van der Waals surface area contributed by atoms with Crippen LogP contribution in [0.3, 0.4) is 0 Å². The average molecular weight is 177 g/mol. The van der Waals surface area contributed by atoms with Crippen LogP contribution in [0.4, 0.5) is 0 Å². The first-order valence-electron chi connectivity index (χ1n) is 2.82. The molecule has 0 saturated heterocycles. The molecule has 0 aliphatic carbocycles. The predicted molar refractivity (Wildman–Crippen MR) is 34.4 cm³/mol. The van der Waals surface area contributed by atoms with Gasteiger partial charge in [-0.25, -0.2) is 0 Å². The van der Waals surface area contributed by atoms with E-state index in [-0.39, 0.29) is 0 Å². The van der Waals surface area contributed by atoms with E-state index in [4.69, 9.17) is 21.1 Å². The standard InChI is InChI=1S/C5H7NO6/c6-2(5(11)12)1(3(7)8)4(9)10/h1-2H,6H2,(H,7,8)(H,9,10)(H,11,12)/t2-/m1/s1. The lowest BCUT2D eigenvalue weighted by atomic mass is 10.0. The largest absolute Gasteiger partial charge is 0.481 e. The van der Waals surface area contributed by atoms with Crippen molar-refractivity contribution < 1.29 is 29.7 Å². The van der Waals surface area contributed by atoms with E-state index >= 15 is 0 Å². The van der Waals surface area contributed by atoms with Crippen LogP contribution >= 0.6 is 0 Å². The highest BCUT2D eigenvalue weighted by Gasteiger charge is 2.36. The van der Waals surface area contributed by atoms with Crippen LogP contribution in [-0.4, -0.2) is 39.3 Å². The first-order chi connectivity index (χ1) is 5.37. The smallest absolute Gasteiger partial charge is 0.322 e. The molecular formula is C5H7NO6. The first kappa shape index (κ1) is 10.4. The molecule has 0 fully saturated rings. The Morgan fingerprint density at radius 3 is 1.33 bits per heavy atom. The second-order valence-corrected chi connectivity index (χ2v) is 2.02. The monoisotopic (exact) mass is 177 g/mol. The number of hydrogen-bond donors (Lipinski definition) is 4. The van der Waals surface area contributed by atoms with Crippen LogP contribution in [0.1, 0.15) is 0 Å². The number of carboxylic acids is 3. The summed E-state index contributed by atoms with van der Waals surface area (Å²) in [7, 11) is 0. The van der Waals surface area contributed by atoms with Crippen LogP contribution in [0.2, 0.25) is 0 Å². The molecule has 7 heteroatoms. The fourth-order valence-electron chi connectivity index (χ4n) is 0.555. The van der Waals surface area contributed by atoms with Gasteiger partial charge in [0.1, 0.15) is 6.04 Å². The van der Waals surface area contributed by atoms with Crippen LogP contribution in [0.5, 0.6) is 0 Å². The maximum absolute atomic E-state index is 10.2. The number of nitrogens with two attached hydrogens (primary N) is 1. The van der Waals surface area contributed by atoms with Crippen molar-refractivity contribution >= 4 is 17.9 Å². The summed E-state index contributed by atoms with van der Waals surface area (Å²) in [5, 5.41) is 24.7. The van der Waals surface area contributed by atoms with Gasteiger partial charge in [0.15, 0.2) is 5.92 Å². The molecule has 0 rings (SSSR count). The third-order valence-corrected chi connectivity index (χ3v) is 1.18. The Hall–Kier alpha value is -1.63. The van der Waals surface area contributed by atoms with Crippen molar-refractivity contribution in [1.82, 2.24) is 0 Å². The van der Waals surface area contributed by atoms with Crippen molar-refractivity contribution in [2.24, 2.45) is 11.7 Å². The number of carboxylic acid groups (broad SMARTS) is 3. The molecule has 12 heavy (non-hydrogen) atoms. The van der Waals surface area contributed by atoms with E-state index in [0.29, 0.717) is 0 Å². The summed E-state index contributed by atoms with van der Waals surface area (Å²) in [4.78, 5) is 30.4. The van der Waals surface area contributed by atoms with Gasteiger partial charge in [-0.05, 0) is 0 Å². The van der Waals surface area contributed by atoms with Gasteiger partial charge in [0, 0.05) is 0 Å². The summed E-state index contributed by atoms with van der Waals surface area (Å²) in [6.07, 6.45) is 0. The van der Waals surface area contributed by atoms with Crippen LogP contribution in [0.25, 0.3) is 0 Å². The van der Waals surface area contributed by atoms with Crippen molar-refractivity contribution in [3.05, 3.63) is 0 Å². The quantitative estimate of drug-likeness (QED) is 0.371. The molecule has 0 heterocycles. The second-order valence-electron chi connectivity index (χ2n) is 2.02. The van der Waals surface area contributed by atoms with Gasteiger partial charge in [-0.2, -0.15) is 0 Å². The zero-order chi connectivity index (χ0) is 9.89. The molecule has 0 bridgehead atoms. The van der Waals surface area contributed by atoms with Crippen molar-refractivity contribution in [2.75, 3.05) is 0 Å². The van der Waals surface area contributed by atoms with Gasteiger partial charge >= 0.3 is 17.9 Å². The molecule has 0 radical (unpaired) electrons. The molecule has 0 aromatic carbocycles. The number of rotatable bonds is 4. The Kier molecular flexibility index (Phi) is 3.17. The topological polar surface area (TPSA) is 138 Å². The lowest BCUT2D eigenvalue weighted by molar-refractivity contribution is -0.160. The Morgan fingerprint density at radius 2 is 1.25 bits per heavy atom. The summed E-state index contributed by atoms with van der Waals surface area (Å²) >= 11 is 0. The lowest BCUT2D eigenvalue weighted by Crippen LogP contribution is -2.46. The van der Waals surface area contributed by atoms with Crippen LogP contribution in [-0.2, 0) is 14.4 Å². The highest BCUT2D eigenvalue weighted by molar-refractivity contribution is 5.98. The highest BCUT2D eigenvalue weighted by Crippen LogP contribution is 2.02. The van der Waals surface area contributed by atoms with E-state index in [1.807, 2.05) is 0 Å². The summed E-state index contributed by atoms with van der Waals surface area (Å²) in [6.45, 7) is 0. The van der Waals surface area contributed by atoms with E-state index < -0.39 is 29.9 Å². The lowest BCUT2D eigenvalue weighted by Gasteiger charge is -2.10. The van der Waals surface area contributed by atoms with Gasteiger partial charge in [-0.15, -0.1) is 0 Å².